The molecule has 1 aromatic heterocycles. The topological polar surface area (TPSA) is 68.2 Å². The van der Waals surface area contributed by atoms with Crippen molar-refractivity contribution < 1.29 is 9.90 Å². The first-order valence-corrected chi connectivity index (χ1v) is 3.78. The van der Waals surface area contributed by atoms with Gasteiger partial charge in [-0.2, -0.15) is 0 Å². The molecule has 4 nitrogen and oxygen atoms in total. The molecule has 1 heterocycles. The van der Waals surface area contributed by atoms with Gasteiger partial charge in [-0.15, -0.1) is 0 Å². The highest BCUT2D eigenvalue weighted by Gasteiger charge is 2.14. The second kappa shape index (κ2) is 3.92. The Morgan fingerprint density at radius 1 is 1.50 bits per heavy atom. The first-order chi connectivity index (χ1) is 5.75. The molecule has 0 aromatic carbocycles. The highest BCUT2D eigenvalue weighted by atomic mass is 16.3. The van der Waals surface area contributed by atoms with E-state index in [2.05, 4.69) is 0 Å². The molecule has 0 spiro atoms. The lowest BCUT2D eigenvalue weighted by atomic mass is 10.2. The SMILES string of the molecule is NC(=O)[C@@H](CCO)n1cccc1. The average Bonchev–Trinajstić information content (AvgIpc) is 2.51. The average molecular weight is 168 g/mol. The molecule has 66 valence electrons. The van der Waals surface area contributed by atoms with E-state index in [1.165, 1.54) is 0 Å². The molecular formula is C8H12N2O2. The lowest BCUT2D eigenvalue weighted by Crippen LogP contribution is -2.26. The molecule has 0 aliphatic heterocycles. The van der Waals surface area contributed by atoms with E-state index in [1.807, 2.05) is 12.1 Å². The van der Waals surface area contributed by atoms with Gasteiger partial charge in [0.05, 0.1) is 0 Å². The van der Waals surface area contributed by atoms with Crippen molar-refractivity contribution in [1.82, 2.24) is 4.57 Å². The van der Waals surface area contributed by atoms with Crippen LogP contribution in [0.2, 0.25) is 0 Å². The summed E-state index contributed by atoms with van der Waals surface area (Å²) in [7, 11) is 0. The number of primary amides is 1. The molecule has 3 N–H and O–H groups in total. The molecule has 0 saturated carbocycles. The number of hydrogen-bond donors (Lipinski definition) is 2. The third-order valence-electron chi connectivity index (χ3n) is 1.72. The molecule has 1 atom stereocenters. The highest BCUT2D eigenvalue weighted by molar-refractivity contribution is 5.78. The number of aromatic nitrogens is 1. The van der Waals surface area contributed by atoms with Crippen molar-refractivity contribution in [3.8, 4) is 0 Å². The van der Waals surface area contributed by atoms with Gasteiger partial charge in [-0.3, -0.25) is 4.79 Å². The van der Waals surface area contributed by atoms with Crippen LogP contribution in [0.1, 0.15) is 12.5 Å². The van der Waals surface area contributed by atoms with Crippen LogP contribution in [0.3, 0.4) is 0 Å². The summed E-state index contributed by atoms with van der Waals surface area (Å²) in [6, 6.07) is 3.20. The Balaban J connectivity index is 2.73. The summed E-state index contributed by atoms with van der Waals surface area (Å²) in [5.74, 6) is -0.416. The Morgan fingerprint density at radius 3 is 2.50 bits per heavy atom. The predicted octanol–water partition coefficient (Wildman–Crippen LogP) is -0.103. The van der Waals surface area contributed by atoms with Crippen LogP contribution < -0.4 is 5.73 Å². The van der Waals surface area contributed by atoms with E-state index in [9.17, 15) is 4.79 Å². The fourth-order valence-electron chi connectivity index (χ4n) is 1.12. The number of carbonyl (C=O) groups excluding carboxylic acids is 1. The molecule has 0 radical (unpaired) electrons. The fraction of sp³-hybridized carbons (Fsp3) is 0.375. The van der Waals surface area contributed by atoms with Gasteiger partial charge in [0.2, 0.25) is 5.91 Å². The first-order valence-electron chi connectivity index (χ1n) is 3.78. The van der Waals surface area contributed by atoms with Crippen molar-refractivity contribution in [2.45, 2.75) is 12.5 Å². The van der Waals surface area contributed by atoms with Crippen LogP contribution in [0, 0.1) is 0 Å². The van der Waals surface area contributed by atoms with Gasteiger partial charge in [0.25, 0.3) is 0 Å². The van der Waals surface area contributed by atoms with Crippen LogP contribution in [0.5, 0.6) is 0 Å². The van der Waals surface area contributed by atoms with Crippen molar-refractivity contribution >= 4 is 5.91 Å². The number of hydrogen-bond acceptors (Lipinski definition) is 2. The maximum absolute atomic E-state index is 10.9. The Hall–Kier alpha value is -1.29. The van der Waals surface area contributed by atoms with Gasteiger partial charge in [-0.25, -0.2) is 0 Å². The minimum Gasteiger partial charge on any atom is -0.396 e. The Morgan fingerprint density at radius 2 is 2.08 bits per heavy atom. The number of nitrogens with zero attached hydrogens (tertiary/aromatic N) is 1. The number of amides is 1. The number of nitrogens with two attached hydrogens (primary N) is 1. The van der Waals surface area contributed by atoms with E-state index in [4.69, 9.17) is 10.8 Å². The first kappa shape index (κ1) is 8.80. The summed E-state index contributed by atoms with van der Waals surface area (Å²) in [5, 5.41) is 8.66. The fourth-order valence-corrected chi connectivity index (χ4v) is 1.12. The molecule has 0 bridgehead atoms. The van der Waals surface area contributed by atoms with Crippen LogP contribution >= 0.6 is 0 Å². The van der Waals surface area contributed by atoms with Crippen LogP contribution in [0.15, 0.2) is 24.5 Å². The van der Waals surface area contributed by atoms with Crippen LogP contribution in [-0.4, -0.2) is 22.2 Å². The zero-order valence-corrected chi connectivity index (χ0v) is 6.68. The Bertz CT molecular complexity index is 244. The van der Waals surface area contributed by atoms with Crippen molar-refractivity contribution in [1.29, 1.82) is 0 Å². The summed E-state index contributed by atoms with van der Waals surface area (Å²) in [6.45, 7) is -0.0359. The van der Waals surface area contributed by atoms with Gasteiger partial charge in [-0.05, 0) is 12.1 Å². The van der Waals surface area contributed by atoms with Gasteiger partial charge in [0.15, 0.2) is 0 Å². The highest BCUT2D eigenvalue weighted by Crippen LogP contribution is 2.09. The number of carbonyl (C=O) groups is 1. The Labute approximate surface area is 70.6 Å². The molecule has 4 heteroatoms. The smallest absolute Gasteiger partial charge is 0.240 e. The minimum atomic E-state index is -0.426. The molecule has 0 aliphatic carbocycles. The predicted molar refractivity (Wildman–Crippen MR) is 44.4 cm³/mol. The molecule has 0 fully saturated rings. The maximum atomic E-state index is 10.9. The monoisotopic (exact) mass is 168 g/mol. The number of aliphatic hydroxyl groups is 1. The molecule has 0 saturated heterocycles. The summed E-state index contributed by atoms with van der Waals surface area (Å²) in [6.07, 6.45) is 3.88. The standard InChI is InChI=1S/C8H12N2O2/c9-8(12)7(3-6-11)10-4-1-2-5-10/h1-2,4-5,7,11H,3,6H2,(H2,9,12)/t7-/m1/s1. The lowest BCUT2D eigenvalue weighted by molar-refractivity contribution is -0.121. The molecule has 1 aromatic rings. The van der Waals surface area contributed by atoms with E-state index >= 15 is 0 Å². The van der Waals surface area contributed by atoms with Crippen molar-refractivity contribution in [2.24, 2.45) is 5.73 Å². The lowest BCUT2D eigenvalue weighted by Gasteiger charge is -2.13. The molecule has 1 amide bonds. The van der Waals surface area contributed by atoms with Gasteiger partial charge >= 0.3 is 0 Å². The minimum absolute atomic E-state index is 0.0359. The number of rotatable bonds is 4. The van der Waals surface area contributed by atoms with E-state index in [0.717, 1.165) is 0 Å². The van der Waals surface area contributed by atoms with Crippen LogP contribution in [-0.2, 0) is 4.79 Å². The second-order valence-corrected chi connectivity index (χ2v) is 2.56. The quantitative estimate of drug-likeness (QED) is 0.659. The zero-order chi connectivity index (χ0) is 8.97. The van der Waals surface area contributed by atoms with Crippen molar-refractivity contribution in [2.75, 3.05) is 6.61 Å². The molecule has 12 heavy (non-hydrogen) atoms. The summed E-state index contributed by atoms with van der Waals surface area (Å²) < 4.78 is 1.69. The third kappa shape index (κ3) is 1.85. The van der Waals surface area contributed by atoms with Gasteiger partial charge in [-0.1, -0.05) is 0 Å². The van der Waals surface area contributed by atoms with Gasteiger partial charge in [0.1, 0.15) is 6.04 Å². The molecule has 0 unspecified atom stereocenters. The van der Waals surface area contributed by atoms with Gasteiger partial charge < -0.3 is 15.4 Å². The summed E-state index contributed by atoms with van der Waals surface area (Å²) >= 11 is 0. The Kier molecular flexibility index (Phi) is 2.88. The third-order valence-corrected chi connectivity index (χ3v) is 1.72. The van der Waals surface area contributed by atoms with E-state index < -0.39 is 11.9 Å². The normalized spacial score (nSPS) is 12.8. The summed E-state index contributed by atoms with van der Waals surface area (Å²) in [4.78, 5) is 10.9. The molecule has 0 aliphatic rings. The second-order valence-electron chi connectivity index (χ2n) is 2.56. The van der Waals surface area contributed by atoms with Crippen LogP contribution in [0.4, 0.5) is 0 Å². The van der Waals surface area contributed by atoms with E-state index in [1.54, 1.807) is 17.0 Å². The van der Waals surface area contributed by atoms with Crippen LogP contribution in [0.25, 0.3) is 0 Å². The summed E-state index contributed by atoms with van der Waals surface area (Å²) in [5.41, 5.74) is 5.14. The maximum Gasteiger partial charge on any atom is 0.240 e. The van der Waals surface area contributed by atoms with Crippen molar-refractivity contribution in [3.63, 3.8) is 0 Å². The van der Waals surface area contributed by atoms with Crippen molar-refractivity contribution in [3.05, 3.63) is 24.5 Å². The van der Waals surface area contributed by atoms with Gasteiger partial charge in [0, 0.05) is 25.4 Å². The van der Waals surface area contributed by atoms with E-state index in [-0.39, 0.29) is 6.61 Å². The largest absolute Gasteiger partial charge is 0.396 e. The molecular weight excluding hydrogens is 156 g/mol. The number of aliphatic hydroxyl groups excluding tert-OH is 1. The molecule has 1 rings (SSSR count). The van der Waals surface area contributed by atoms with E-state index in [0.29, 0.717) is 6.42 Å². The zero-order valence-electron chi connectivity index (χ0n) is 6.68.